The highest BCUT2D eigenvalue weighted by molar-refractivity contribution is 5.72. The van der Waals surface area contributed by atoms with E-state index in [9.17, 15) is 14.9 Å². The van der Waals surface area contributed by atoms with Crippen LogP contribution in [0.25, 0.3) is 0 Å². The predicted molar refractivity (Wildman–Crippen MR) is 63.2 cm³/mol. The molecule has 0 radical (unpaired) electrons. The second kappa shape index (κ2) is 7.00. The Bertz CT molecular complexity index is 437. The third kappa shape index (κ3) is 5.59. The summed E-state index contributed by atoms with van der Waals surface area (Å²) >= 11 is 0. The van der Waals surface area contributed by atoms with E-state index in [1.807, 2.05) is 6.92 Å². The lowest BCUT2D eigenvalue weighted by molar-refractivity contribution is -0.384. The van der Waals surface area contributed by atoms with Crippen molar-refractivity contribution >= 4 is 18.1 Å². The molecule has 0 saturated carbocycles. The molecule has 1 aliphatic heterocycles. The molecule has 7 heteroatoms. The first-order chi connectivity index (χ1) is 8.63. The Kier molecular flexibility index (Phi) is 5.30. The monoisotopic (exact) mass is 252 g/mol. The zero-order valence-electron chi connectivity index (χ0n) is 9.74. The first-order valence-electron chi connectivity index (χ1n) is 5.26. The van der Waals surface area contributed by atoms with E-state index in [0.717, 1.165) is 0 Å². The van der Waals surface area contributed by atoms with E-state index in [1.165, 1.54) is 30.7 Å². The van der Waals surface area contributed by atoms with Gasteiger partial charge in [0.25, 0.3) is 5.69 Å². The maximum atomic E-state index is 11.1. The van der Waals surface area contributed by atoms with Gasteiger partial charge in [-0.2, -0.15) is 0 Å². The van der Waals surface area contributed by atoms with Gasteiger partial charge in [0.2, 0.25) is 6.40 Å². The smallest absolute Gasteiger partial charge is 0.311 e. The summed E-state index contributed by atoms with van der Waals surface area (Å²) in [6.07, 6.45) is 2.43. The fraction of sp³-hybridized carbons (Fsp3) is 0.273. The number of oxime groups is 1. The number of nitro benzene ring substituents is 1. The Morgan fingerprint density at radius 3 is 2.39 bits per heavy atom. The molecule has 0 fully saturated rings. The second-order valence-corrected chi connectivity index (χ2v) is 3.29. The molecule has 1 aliphatic rings. The van der Waals surface area contributed by atoms with Gasteiger partial charge < -0.3 is 9.57 Å². The van der Waals surface area contributed by atoms with Gasteiger partial charge in [-0.05, 0) is 23.7 Å². The van der Waals surface area contributed by atoms with Crippen LogP contribution >= 0.6 is 0 Å². The van der Waals surface area contributed by atoms with E-state index >= 15 is 0 Å². The molecule has 2 rings (SSSR count). The predicted octanol–water partition coefficient (Wildman–Crippen LogP) is 2.26. The van der Waals surface area contributed by atoms with Crippen LogP contribution in [-0.4, -0.2) is 17.3 Å². The Morgan fingerprint density at radius 1 is 1.44 bits per heavy atom. The number of esters is 1. The van der Waals surface area contributed by atoms with Gasteiger partial charge in [-0.1, -0.05) is 6.92 Å². The van der Waals surface area contributed by atoms with Crippen LogP contribution in [0.4, 0.5) is 5.69 Å². The SMILES string of the molecule is C1=NO1.CCCC(=O)Oc1ccc([N+](=O)[O-])cc1. The standard InChI is InChI=1S/C10H11NO4.CHNO/c1-2-3-10(12)15-9-6-4-8(5-7-9)11(13)14;1-2-3-1/h4-7H,2-3H2,1H3;1H. The molecular formula is C11H12N2O5. The van der Waals surface area contributed by atoms with Crippen LogP contribution in [0, 0.1) is 10.1 Å². The largest absolute Gasteiger partial charge is 0.427 e. The maximum absolute atomic E-state index is 11.1. The minimum Gasteiger partial charge on any atom is -0.427 e. The van der Waals surface area contributed by atoms with Gasteiger partial charge in [-0.25, -0.2) is 0 Å². The number of nitro groups is 1. The number of ether oxygens (including phenoxy) is 1. The van der Waals surface area contributed by atoms with Gasteiger partial charge in [0.15, 0.2) is 0 Å². The number of non-ortho nitro benzene ring substituents is 1. The van der Waals surface area contributed by atoms with Crippen molar-refractivity contribution in [3.63, 3.8) is 0 Å². The van der Waals surface area contributed by atoms with Crippen molar-refractivity contribution in [1.82, 2.24) is 0 Å². The Hall–Kier alpha value is -2.44. The number of benzene rings is 1. The summed E-state index contributed by atoms with van der Waals surface area (Å²) in [6.45, 7) is 1.87. The first-order valence-corrected chi connectivity index (χ1v) is 5.26. The van der Waals surface area contributed by atoms with Crippen molar-refractivity contribution in [2.24, 2.45) is 5.16 Å². The van der Waals surface area contributed by atoms with E-state index in [0.29, 0.717) is 18.6 Å². The Balaban J connectivity index is 0.000000468. The molecule has 1 aromatic carbocycles. The highest BCUT2D eigenvalue weighted by Crippen LogP contribution is 2.17. The molecule has 0 aromatic heterocycles. The third-order valence-corrected chi connectivity index (χ3v) is 1.84. The number of hydrogen-bond acceptors (Lipinski definition) is 6. The van der Waals surface area contributed by atoms with Crippen LogP contribution in [0.3, 0.4) is 0 Å². The van der Waals surface area contributed by atoms with Crippen molar-refractivity contribution in [3.05, 3.63) is 34.4 Å². The average molecular weight is 252 g/mol. The fourth-order valence-corrected chi connectivity index (χ4v) is 1.02. The lowest BCUT2D eigenvalue weighted by Crippen LogP contribution is -2.06. The summed E-state index contributed by atoms with van der Waals surface area (Å²) in [7, 11) is 0. The van der Waals surface area contributed by atoms with Crippen LogP contribution in [0.5, 0.6) is 5.75 Å². The number of carbonyl (C=O) groups excluding carboxylic acids is 1. The molecule has 96 valence electrons. The van der Waals surface area contributed by atoms with Crippen molar-refractivity contribution in [3.8, 4) is 5.75 Å². The average Bonchev–Trinajstić information content (AvgIpc) is 3.17. The van der Waals surface area contributed by atoms with Crippen LogP contribution in [-0.2, 0) is 9.63 Å². The molecule has 1 heterocycles. The van der Waals surface area contributed by atoms with Gasteiger partial charge in [-0.3, -0.25) is 14.9 Å². The Labute approximate surface area is 103 Å². The highest BCUT2D eigenvalue weighted by atomic mass is 16.7. The van der Waals surface area contributed by atoms with Crippen molar-refractivity contribution in [2.45, 2.75) is 19.8 Å². The van der Waals surface area contributed by atoms with E-state index in [2.05, 4.69) is 9.99 Å². The molecule has 0 amide bonds. The molecule has 0 aliphatic carbocycles. The van der Waals surface area contributed by atoms with Gasteiger partial charge in [0.1, 0.15) is 5.75 Å². The molecule has 18 heavy (non-hydrogen) atoms. The zero-order valence-corrected chi connectivity index (χ0v) is 9.74. The summed E-state index contributed by atoms with van der Waals surface area (Å²) in [4.78, 5) is 24.9. The van der Waals surface area contributed by atoms with Crippen molar-refractivity contribution in [2.75, 3.05) is 0 Å². The van der Waals surface area contributed by atoms with Crippen molar-refractivity contribution in [1.29, 1.82) is 0 Å². The number of rotatable bonds is 4. The van der Waals surface area contributed by atoms with Crippen molar-refractivity contribution < 1.29 is 19.3 Å². The third-order valence-electron chi connectivity index (χ3n) is 1.84. The number of carbonyl (C=O) groups is 1. The molecule has 0 N–H and O–H groups in total. The summed E-state index contributed by atoms with van der Waals surface area (Å²) < 4.78 is 4.93. The lowest BCUT2D eigenvalue weighted by atomic mass is 10.3. The van der Waals surface area contributed by atoms with Gasteiger partial charge >= 0.3 is 5.97 Å². The highest BCUT2D eigenvalue weighted by Gasteiger charge is 2.06. The molecule has 0 unspecified atom stereocenters. The van der Waals surface area contributed by atoms with Crippen LogP contribution in [0.2, 0.25) is 0 Å². The summed E-state index contributed by atoms with van der Waals surface area (Å²) in [5, 5.41) is 13.5. The second-order valence-electron chi connectivity index (χ2n) is 3.29. The van der Waals surface area contributed by atoms with Crippen LogP contribution in [0.1, 0.15) is 19.8 Å². The summed E-state index contributed by atoms with van der Waals surface area (Å²) in [6, 6.07) is 5.42. The van der Waals surface area contributed by atoms with Crippen LogP contribution < -0.4 is 4.74 Å². The van der Waals surface area contributed by atoms with E-state index in [4.69, 9.17) is 4.74 Å². The molecule has 0 atom stereocenters. The fourth-order valence-electron chi connectivity index (χ4n) is 1.02. The minimum absolute atomic E-state index is 0.0229. The molecular weight excluding hydrogens is 240 g/mol. The zero-order chi connectivity index (χ0) is 13.4. The minimum atomic E-state index is -0.502. The lowest BCUT2D eigenvalue weighted by Gasteiger charge is -2.02. The van der Waals surface area contributed by atoms with E-state index in [1.54, 1.807) is 0 Å². The first kappa shape index (κ1) is 13.6. The summed E-state index contributed by atoms with van der Waals surface area (Å²) in [5.41, 5.74) is -0.0229. The molecule has 1 aromatic rings. The number of nitrogens with zero attached hydrogens (tertiary/aromatic N) is 2. The van der Waals surface area contributed by atoms with E-state index in [-0.39, 0.29) is 11.7 Å². The topological polar surface area (TPSA) is 94.3 Å². The molecule has 0 saturated heterocycles. The quantitative estimate of drug-likeness (QED) is 0.354. The van der Waals surface area contributed by atoms with Crippen LogP contribution in [0.15, 0.2) is 29.4 Å². The number of hydrogen-bond donors (Lipinski definition) is 0. The van der Waals surface area contributed by atoms with Gasteiger partial charge in [-0.15, -0.1) is 0 Å². The Morgan fingerprint density at radius 2 is 2.00 bits per heavy atom. The molecule has 0 spiro atoms. The maximum Gasteiger partial charge on any atom is 0.311 e. The molecule has 7 nitrogen and oxygen atoms in total. The normalized spacial score (nSPS) is 10.7. The molecule has 0 bridgehead atoms. The van der Waals surface area contributed by atoms with Gasteiger partial charge in [0, 0.05) is 18.6 Å². The summed E-state index contributed by atoms with van der Waals surface area (Å²) in [5.74, 6) is 0.00500. The van der Waals surface area contributed by atoms with Gasteiger partial charge in [0.05, 0.1) is 4.92 Å². The van der Waals surface area contributed by atoms with E-state index < -0.39 is 4.92 Å².